The minimum Gasteiger partial charge on any atom is -0.476 e. The third-order valence-electron chi connectivity index (χ3n) is 2.07. The highest BCUT2D eigenvalue weighted by Crippen LogP contribution is 2.06. The second-order valence-corrected chi connectivity index (χ2v) is 4.29. The molecule has 18 heavy (non-hydrogen) atoms. The van der Waals surface area contributed by atoms with Crippen LogP contribution in [0, 0.1) is 20.8 Å². The van der Waals surface area contributed by atoms with Gasteiger partial charge in [-0.25, -0.2) is 4.79 Å². The zero-order chi connectivity index (χ0) is 13.7. The van der Waals surface area contributed by atoms with Crippen LogP contribution in [0.4, 0.5) is 0 Å². The lowest BCUT2D eigenvalue weighted by molar-refractivity contribution is 0.0690. The number of hydrogen-bond donors (Lipinski definition) is 2. The number of H-pyrrole nitrogens is 1. The second kappa shape index (κ2) is 6.16. The fourth-order valence-corrected chi connectivity index (χ4v) is 1.72. The fraction of sp³-hybridized carbons (Fsp3) is 0.250. The van der Waals surface area contributed by atoms with Crippen molar-refractivity contribution in [3.05, 3.63) is 45.7 Å². The first-order valence-electron chi connectivity index (χ1n) is 5.24. The number of nitrogens with one attached hydrogen (secondary N) is 1. The number of carboxylic acid groups (broad SMARTS) is 1. The molecule has 2 rings (SSSR count). The number of aromatic nitrogens is 3. The van der Waals surface area contributed by atoms with Crippen LogP contribution < -0.4 is 0 Å². The minimum atomic E-state index is -1.19. The molecule has 0 aliphatic carbocycles. The highest BCUT2D eigenvalue weighted by Gasteiger charge is 2.11. The van der Waals surface area contributed by atoms with E-state index in [4.69, 9.17) is 16.7 Å². The maximum atomic E-state index is 10.1. The van der Waals surface area contributed by atoms with Crippen LogP contribution in [-0.2, 0) is 0 Å². The third kappa shape index (κ3) is 4.18. The van der Waals surface area contributed by atoms with Gasteiger partial charge in [0.05, 0.1) is 0 Å². The molecule has 0 bridgehead atoms. The minimum absolute atomic E-state index is 0.123. The van der Waals surface area contributed by atoms with Crippen LogP contribution in [0.2, 0.25) is 5.15 Å². The number of nitrogens with zero attached hydrogens (tertiary/aromatic N) is 2. The number of aryl methyl sites for hydroxylation is 3. The largest absolute Gasteiger partial charge is 0.476 e. The topological polar surface area (TPSA) is 78.9 Å². The Labute approximate surface area is 110 Å². The van der Waals surface area contributed by atoms with Gasteiger partial charge in [0.2, 0.25) is 5.69 Å². The van der Waals surface area contributed by atoms with Crippen LogP contribution in [0.3, 0.4) is 0 Å². The van der Waals surface area contributed by atoms with Crippen LogP contribution in [0.25, 0.3) is 0 Å². The average Bonchev–Trinajstić information content (AvgIpc) is 2.62. The number of carbonyl (C=O) groups is 1. The van der Waals surface area contributed by atoms with E-state index >= 15 is 0 Å². The summed E-state index contributed by atoms with van der Waals surface area (Å²) in [6.45, 7) is 6.38. The van der Waals surface area contributed by atoms with E-state index in [0.29, 0.717) is 0 Å². The van der Waals surface area contributed by atoms with Gasteiger partial charge in [-0.05, 0) is 20.8 Å². The average molecular weight is 268 g/mol. The number of carboxylic acids is 1. The van der Waals surface area contributed by atoms with Gasteiger partial charge in [0, 0.05) is 0 Å². The Morgan fingerprint density at radius 1 is 1.11 bits per heavy atom. The van der Waals surface area contributed by atoms with Gasteiger partial charge in [0.1, 0.15) is 0 Å². The molecule has 1 aromatic heterocycles. The summed E-state index contributed by atoms with van der Waals surface area (Å²) in [6.07, 6.45) is 0. The van der Waals surface area contributed by atoms with Crippen molar-refractivity contribution in [3.63, 3.8) is 0 Å². The van der Waals surface area contributed by atoms with Crippen molar-refractivity contribution in [2.75, 3.05) is 0 Å². The summed E-state index contributed by atoms with van der Waals surface area (Å²) in [5.41, 5.74) is 3.81. The Morgan fingerprint density at radius 3 is 1.78 bits per heavy atom. The van der Waals surface area contributed by atoms with Gasteiger partial charge in [-0.3, -0.25) is 0 Å². The fourth-order valence-electron chi connectivity index (χ4n) is 1.56. The number of hydrogen-bond acceptors (Lipinski definition) is 3. The molecule has 0 atom stereocenters. The highest BCUT2D eigenvalue weighted by atomic mass is 35.5. The van der Waals surface area contributed by atoms with Crippen molar-refractivity contribution in [1.82, 2.24) is 15.4 Å². The molecule has 96 valence electrons. The third-order valence-corrected chi connectivity index (χ3v) is 2.34. The maximum absolute atomic E-state index is 10.1. The molecule has 1 heterocycles. The van der Waals surface area contributed by atoms with E-state index in [1.54, 1.807) is 0 Å². The van der Waals surface area contributed by atoms with E-state index in [0.717, 1.165) is 0 Å². The lowest BCUT2D eigenvalue weighted by Crippen LogP contribution is -1.96. The van der Waals surface area contributed by atoms with Gasteiger partial charge < -0.3 is 5.11 Å². The monoisotopic (exact) mass is 267 g/mol. The van der Waals surface area contributed by atoms with Crippen LogP contribution in [0.5, 0.6) is 0 Å². The van der Waals surface area contributed by atoms with Gasteiger partial charge >= 0.3 is 5.97 Å². The quantitative estimate of drug-likeness (QED) is 0.833. The first kappa shape index (κ1) is 14.2. The molecule has 6 heteroatoms. The number of aromatic amines is 1. The molecule has 0 saturated carbocycles. The first-order valence-corrected chi connectivity index (χ1v) is 5.62. The van der Waals surface area contributed by atoms with Gasteiger partial charge in [0.15, 0.2) is 5.15 Å². The van der Waals surface area contributed by atoms with Crippen molar-refractivity contribution in [2.24, 2.45) is 0 Å². The zero-order valence-corrected chi connectivity index (χ0v) is 11.1. The Morgan fingerprint density at radius 2 is 1.56 bits per heavy atom. The predicted molar refractivity (Wildman–Crippen MR) is 69.0 cm³/mol. The molecule has 0 saturated heterocycles. The van der Waals surface area contributed by atoms with Crippen LogP contribution in [0.15, 0.2) is 18.2 Å². The van der Waals surface area contributed by atoms with E-state index in [9.17, 15) is 4.79 Å². The SMILES string of the molecule is Cc1cc(C)cc(C)c1.O=C(O)c1n[nH]nc1Cl. The molecule has 2 aromatic rings. The van der Waals surface area contributed by atoms with E-state index < -0.39 is 5.97 Å². The molecule has 0 amide bonds. The molecule has 0 radical (unpaired) electrons. The van der Waals surface area contributed by atoms with Crippen molar-refractivity contribution >= 4 is 17.6 Å². The zero-order valence-electron chi connectivity index (χ0n) is 10.4. The molecule has 5 nitrogen and oxygen atoms in total. The molecule has 1 aromatic carbocycles. The van der Waals surface area contributed by atoms with Crippen molar-refractivity contribution in [2.45, 2.75) is 20.8 Å². The van der Waals surface area contributed by atoms with Crippen molar-refractivity contribution < 1.29 is 9.90 Å². The van der Waals surface area contributed by atoms with E-state index in [1.165, 1.54) is 16.7 Å². The number of rotatable bonds is 1. The molecule has 0 fully saturated rings. The summed E-state index contributed by atoms with van der Waals surface area (Å²) in [5.74, 6) is -1.19. The molecular formula is C12H14ClN3O2. The summed E-state index contributed by atoms with van der Waals surface area (Å²) in [4.78, 5) is 10.1. The summed E-state index contributed by atoms with van der Waals surface area (Å²) in [6, 6.07) is 6.56. The number of aromatic carboxylic acids is 1. The van der Waals surface area contributed by atoms with Crippen LogP contribution in [-0.4, -0.2) is 26.5 Å². The highest BCUT2D eigenvalue weighted by molar-refractivity contribution is 6.31. The molecule has 0 aliphatic heterocycles. The van der Waals surface area contributed by atoms with Crippen LogP contribution >= 0.6 is 11.6 Å². The van der Waals surface area contributed by atoms with E-state index in [1.807, 2.05) is 0 Å². The normalized spacial score (nSPS) is 9.56. The number of benzene rings is 1. The summed E-state index contributed by atoms with van der Waals surface area (Å²) in [7, 11) is 0. The van der Waals surface area contributed by atoms with Gasteiger partial charge in [-0.15, -0.1) is 10.2 Å². The summed E-state index contributed by atoms with van der Waals surface area (Å²) < 4.78 is 0. The first-order chi connectivity index (χ1) is 8.40. The molecular weight excluding hydrogens is 254 g/mol. The lowest BCUT2D eigenvalue weighted by atomic mass is 10.1. The Balaban J connectivity index is 0.000000180. The molecule has 0 aliphatic rings. The molecule has 0 unspecified atom stereocenters. The Bertz CT molecular complexity index is 502. The maximum Gasteiger partial charge on any atom is 0.359 e. The van der Waals surface area contributed by atoms with Gasteiger partial charge in [-0.1, -0.05) is 46.5 Å². The summed E-state index contributed by atoms with van der Waals surface area (Å²) in [5, 5.41) is 16.7. The summed E-state index contributed by atoms with van der Waals surface area (Å²) >= 11 is 5.25. The standard InChI is InChI=1S/C9H12.C3H2ClN3O2/c1-7-4-8(2)6-9(3)5-7;4-2-1(3(8)9)5-7-6-2/h4-6H,1-3H3;(H,8,9)(H,5,6,7). The Kier molecular flexibility index (Phi) is 4.85. The predicted octanol–water partition coefficient (Wildman–Crippen LogP) is 2.77. The Hall–Kier alpha value is -1.88. The smallest absolute Gasteiger partial charge is 0.359 e. The van der Waals surface area contributed by atoms with E-state index in [-0.39, 0.29) is 10.8 Å². The van der Waals surface area contributed by atoms with Crippen LogP contribution in [0.1, 0.15) is 27.2 Å². The second-order valence-electron chi connectivity index (χ2n) is 3.93. The van der Waals surface area contributed by atoms with Gasteiger partial charge in [0.25, 0.3) is 0 Å². The van der Waals surface area contributed by atoms with E-state index in [2.05, 4.69) is 54.4 Å². The van der Waals surface area contributed by atoms with Crippen molar-refractivity contribution in [3.8, 4) is 0 Å². The number of halogens is 1. The molecule has 0 spiro atoms. The molecule has 2 N–H and O–H groups in total. The van der Waals surface area contributed by atoms with Crippen molar-refractivity contribution in [1.29, 1.82) is 0 Å². The lowest BCUT2D eigenvalue weighted by Gasteiger charge is -1.96. The van der Waals surface area contributed by atoms with Gasteiger partial charge in [-0.2, -0.15) is 5.21 Å².